The number of nitrogens with zero attached hydrogens (tertiary/aromatic N) is 1. The average molecular weight is 410 g/mol. The van der Waals surface area contributed by atoms with Crippen LogP contribution in [-0.4, -0.2) is 22.2 Å². The van der Waals surface area contributed by atoms with Gasteiger partial charge in [0.1, 0.15) is 4.34 Å². The molecule has 0 amide bonds. The normalized spacial score (nSPS) is 12.7. The monoisotopic (exact) mass is 409 g/mol. The Labute approximate surface area is 165 Å². The minimum absolute atomic E-state index is 0.267. The van der Waals surface area contributed by atoms with Crippen LogP contribution in [0.4, 0.5) is 0 Å². The van der Waals surface area contributed by atoms with Gasteiger partial charge in [0, 0.05) is 32.8 Å². The second-order valence-electron chi connectivity index (χ2n) is 6.16. The minimum atomic E-state index is -1.16. The van der Waals surface area contributed by atoms with E-state index in [9.17, 15) is 9.90 Å². The molecule has 0 aliphatic carbocycles. The number of halogens is 2. The van der Waals surface area contributed by atoms with E-state index in [-0.39, 0.29) is 6.10 Å². The van der Waals surface area contributed by atoms with Gasteiger partial charge in [-0.15, -0.1) is 11.3 Å². The van der Waals surface area contributed by atoms with Crippen molar-refractivity contribution in [1.82, 2.24) is 4.98 Å². The molecule has 0 bridgehead atoms. The lowest BCUT2D eigenvalue weighted by Gasteiger charge is -2.23. The zero-order valence-corrected chi connectivity index (χ0v) is 16.7. The lowest BCUT2D eigenvalue weighted by Crippen LogP contribution is -2.21. The Morgan fingerprint density at radius 2 is 2.00 bits per heavy atom. The summed E-state index contributed by atoms with van der Waals surface area (Å²) in [6, 6.07) is 7.23. The SMILES string of the molecule is Cc1nc2ccc(Cl)cc2c(-c2ccsc2Cl)c1C(OC(C)C)C(=O)O. The predicted octanol–water partition coefficient (Wildman–Crippen LogP) is 6.13. The fourth-order valence-corrected chi connectivity index (χ4v) is 4.08. The van der Waals surface area contributed by atoms with Crippen molar-refractivity contribution in [2.45, 2.75) is 33.0 Å². The first kappa shape index (κ1) is 19.1. The molecule has 2 aromatic heterocycles. The number of carboxylic acid groups (broad SMARTS) is 1. The first-order valence-corrected chi connectivity index (χ1v) is 9.64. The highest BCUT2D eigenvalue weighted by Crippen LogP contribution is 2.43. The minimum Gasteiger partial charge on any atom is -0.479 e. The Kier molecular flexibility index (Phi) is 5.53. The van der Waals surface area contributed by atoms with Gasteiger partial charge in [0.25, 0.3) is 0 Å². The van der Waals surface area contributed by atoms with Crippen LogP contribution in [0.15, 0.2) is 29.6 Å². The van der Waals surface area contributed by atoms with Crippen molar-refractivity contribution in [3.8, 4) is 11.1 Å². The topological polar surface area (TPSA) is 59.4 Å². The van der Waals surface area contributed by atoms with Crippen molar-refractivity contribution in [1.29, 1.82) is 0 Å². The predicted molar refractivity (Wildman–Crippen MR) is 106 cm³/mol. The maximum absolute atomic E-state index is 12.0. The van der Waals surface area contributed by atoms with Crippen LogP contribution in [0, 0.1) is 6.92 Å². The zero-order valence-electron chi connectivity index (χ0n) is 14.4. The van der Waals surface area contributed by atoms with Crippen molar-refractivity contribution in [3.63, 3.8) is 0 Å². The third-order valence-corrected chi connectivity index (χ3v) is 5.36. The van der Waals surface area contributed by atoms with Gasteiger partial charge in [0.05, 0.1) is 11.6 Å². The molecule has 26 heavy (non-hydrogen) atoms. The van der Waals surface area contributed by atoms with Crippen LogP contribution in [0.5, 0.6) is 0 Å². The van der Waals surface area contributed by atoms with Gasteiger partial charge in [0.15, 0.2) is 6.10 Å². The second-order valence-corrected chi connectivity index (χ2v) is 8.11. The third-order valence-electron chi connectivity index (χ3n) is 3.96. The van der Waals surface area contributed by atoms with E-state index in [2.05, 4.69) is 4.98 Å². The number of thiophene rings is 1. The van der Waals surface area contributed by atoms with Crippen molar-refractivity contribution in [2.24, 2.45) is 0 Å². The molecule has 7 heteroatoms. The average Bonchev–Trinajstić information content (AvgIpc) is 2.97. The summed E-state index contributed by atoms with van der Waals surface area (Å²) in [5, 5.41) is 13.0. The Balaban J connectivity index is 2.43. The van der Waals surface area contributed by atoms with Gasteiger partial charge in [-0.05, 0) is 50.4 Å². The summed E-state index contributed by atoms with van der Waals surface area (Å²) in [5.74, 6) is -1.07. The largest absolute Gasteiger partial charge is 0.479 e. The summed E-state index contributed by atoms with van der Waals surface area (Å²) in [4.78, 5) is 16.6. The van der Waals surface area contributed by atoms with E-state index in [0.29, 0.717) is 26.2 Å². The van der Waals surface area contributed by atoms with E-state index in [4.69, 9.17) is 27.9 Å². The summed E-state index contributed by atoms with van der Waals surface area (Å²) in [7, 11) is 0. The molecule has 1 N–H and O–H groups in total. The molecule has 2 heterocycles. The number of aliphatic carboxylic acids is 1. The fourth-order valence-electron chi connectivity index (χ4n) is 2.98. The van der Waals surface area contributed by atoms with E-state index in [1.165, 1.54) is 11.3 Å². The van der Waals surface area contributed by atoms with Gasteiger partial charge in [-0.3, -0.25) is 4.98 Å². The summed E-state index contributed by atoms with van der Waals surface area (Å²) in [6.07, 6.45) is -1.42. The van der Waals surface area contributed by atoms with Crippen LogP contribution in [0.2, 0.25) is 9.36 Å². The van der Waals surface area contributed by atoms with E-state index in [0.717, 1.165) is 16.5 Å². The molecule has 3 aromatic rings. The highest BCUT2D eigenvalue weighted by atomic mass is 35.5. The zero-order chi connectivity index (χ0) is 19.0. The van der Waals surface area contributed by atoms with Crippen molar-refractivity contribution in [2.75, 3.05) is 0 Å². The molecular formula is C19H17Cl2NO3S. The first-order valence-electron chi connectivity index (χ1n) is 8.01. The Morgan fingerprint density at radius 3 is 2.58 bits per heavy atom. The van der Waals surface area contributed by atoms with E-state index >= 15 is 0 Å². The molecule has 3 rings (SSSR count). The number of pyridine rings is 1. The lowest BCUT2D eigenvalue weighted by atomic mass is 9.92. The van der Waals surface area contributed by atoms with Crippen molar-refractivity contribution in [3.05, 3.63) is 50.3 Å². The molecule has 0 aliphatic rings. The van der Waals surface area contributed by atoms with Crippen LogP contribution in [0.1, 0.15) is 31.2 Å². The Hall–Kier alpha value is -1.66. The van der Waals surface area contributed by atoms with E-state index < -0.39 is 12.1 Å². The molecule has 0 aliphatic heterocycles. The third kappa shape index (κ3) is 3.58. The lowest BCUT2D eigenvalue weighted by molar-refractivity contribution is -0.153. The molecule has 4 nitrogen and oxygen atoms in total. The molecule has 1 unspecified atom stereocenters. The highest BCUT2D eigenvalue weighted by Gasteiger charge is 2.30. The fraction of sp³-hybridized carbons (Fsp3) is 0.263. The van der Waals surface area contributed by atoms with Crippen LogP contribution in [0.3, 0.4) is 0 Å². The maximum atomic E-state index is 12.0. The van der Waals surface area contributed by atoms with Crippen LogP contribution < -0.4 is 0 Å². The second kappa shape index (κ2) is 7.53. The number of hydrogen-bond donors (Lipinski definition) is 1. The molecule has 136 valence electrons. The first-order chi connectivity index (χ1) is 12.3. The molecule has 1 aromatic carbocycles. The number of aromatic nitrogens is 1. The van der Waals surface area contributed by atoms with Gasteiger partial charge in [-0.1, -0.05) is 23.2 Å². The summed E-state index contributed by atoms with van der Waals surface area (Å²) in [6.45, 7) is 5.38. The van der Waals surface area contributed by atoms with Gasteiger partial charge in [-0.2, -0.15) is 0 Å². The number of benzene rings is 1. The summed E-state index contributed by atoms with van der Waals surface area (Å²) < 4.78 is 6.30. The van der Waals surface area contributed by atoms with Gasteiger partial charge in [0.2, 0.25) is 0 Å². The van der Waals surface area contributed by atoms with E-state index in [1.54, 1.807) is 32.9 Å². The van der Waals surface area contributed by atoms with Gasteiger partial charge in [-0.25, -0.2) is 4.79 Å². The molecule has 0 radical (unpaired) electrons. The van der Waals surface area contributed by atoms with Crippen LogP contribution >= 0.6 is 34.5 Å². The molecule has 1 atom stereocenters. The van der Waals surface area contributed by atoms with E-state index in [1.807, 2.05) is 17.5 Å². The molecular weight excluding hydrogens is 393 g/mol. The number of aryl methyl sites for hydroxylation is 1. The number of carbonyl (C=O) groups is 1. The summed E-state index contributed by atoms with van der Waals surface area (Å²) in [5.41, 5.74) is 3.27. The highest BCUT2D eigenvalue weighted by molar-refractivity contribution is 7.15. The molecule has 0 fully saturated rings. The van der Waals surface area contributed by atoms with Crippen molar-refractivity contribution >= 4 is 51.4 Å². The number of fused-ring (bicyclic) bond motifs is 1. The molecule has 0 spiro atoms. The van der Waals surface area contributed by atoms with Crippen LogP contribution in [-0.2, 0) is 9.53 Å². The molecule has 0 saturated heterocycles. The summed E-state index contributed by atoms with van der Waals surface area (Å²) >= 11 is 14.0. The smallest absolute Gasteiger partial charge is 0.337 e. The number of carboxylic acids is 1. The quantitative estimate of drug-likeness (QED) is 0.550. The molecule has 0 saturated carbocycles. The maximum Gasteiger partial charge on any atom is 0.337 e. The Morgan fingerprint density at radius 1 is 1.27 bits per heavy atom. The Bertz CT molecular complexity index is 984. The number of ether oxygens (including phenoxy) is 1. The van der Waals surface area contributed by atoms with Crippen molar-refractivity contribution < 1.29 is 14.6 Å². The van der Waals surface area contributed by atoms with Gasteiger partial charge >= 0.3 is 5.97 Å². The van der Waals surface area contributed by atoms with Crippen LogP contribution in [0.25, 0.3) is 22.0 Å². The standard InChI is InChI=1S/C19H17Cl2NO3S/c1-9(2)25-17(19(23)24)15-10(3)22-14-5-4-11(20)8-13(14)16(15)12-6-7-26-18(12)21/h4-9,17H,1-3H3,(H,23,24). The van der Waals surface area contributed by atoms with Gasteiger partial charge < -0.3 is 9.84 Å². The number of rotatable bonds is 5. The number of hydrogen-bond acceptors (Lipinski definition) is 4.